The maximum atomic E-state index is 12.3. The zero-order valence-electron chi connectivity index (χ0n) is 22.3. The van der Waals surface area contributed by atoms with E-state index in [0.29, 0.717) is 39.2 Å². The minimum Gasteiger partial charge on any atom is -0.497 e. The molecule has 8 heteroatoms. The molecule has 0 spiro atoms. The number of anilines is 3. The quantitative estimate of drug-likeness (QED) is 0.377. The van der Waals surface area contributed by atoms with E-state index in [-0.39, 0.29) is 11.4 Å². The Bertz CT molecular complexity index is 1470. The van der Waals surface area contributed by atoms with Crippen LogP contribution >= 0.6 is 0 Å². The molecule has 0 bridgehead atoms. The maximum absolute atomic E-state index is 12.3. The standard InChI is InChI=1S/C30H32N6O2/c1-6-28(37)34-26-18-25-27(16-21(26)10-11-30(2,3)36-14-12-35(4)13-15-36)32-20-22(19-31)29(25)33-23-8-7-9-24(17-23)38-5/h6-9,16-18,20H,1,12-15H2,2-5H3,(H,32,33)(H,34,37). The second kappa shape index (κ2) is 11.4. The molecule has 8 nitrogen and oxygen atoms in total. The van der Waals surface area contributed by atoms with E-state index in [4.69, 9.17) is 4.74 Å². The Morgan fingerprint density at radius 1 is 1.18 bits per heavy atom. The first kappa shape index (κ1) is 26.7. The van der Waals surface area contributed by atoms with Crippen LogP contribution in [0.2, 0.25) is 0 Å². The van der Waals surface area contributed by atoms with Crippen LogP contribution in [0.1, 0.15) is 25.0 Å². The van der Waals surface area contributed by atoms with Crippen molar-refractivity contribution in [1.29, 1.82) is 5.26 Å². The van der Waals surface area contributed by atoms with E-state index in [1.165, 1.54) is 12.3 Å². The molecule has 0 saturated carbocycles. The number of methoxy groups -OCH3 is 1. The molecule has 1 amide bonds. The van der Waals surface area contributed by atoms with E-state index < -0.39 is 0 Å². The van der Waals surface area contributed by atoms with Gasteiger partial charge in [0.15, 0.2) is 0 Å². The first-order valence-electron chi connectivity index (χ1n) is 12.4. The highest BCUT2D eigenvalue weighted by atomic mass is 16.5. The van der Waals surface area contributed by atoms with Crippen molar-refractivity contribution >= 4 is 33.9 Å². The summed E-state index contributed by atoms with van der Waals surface area (Å²) in [4.78, 5) is 21.5. The Morgan fingerprint density at radius 2 is 1.95 bits per heavy atom. The lowest BCUT2D eigenvalue weighted by atomic mass is 10.00. The number of nitrogens with one attached hydrogen (secondary N) is 2. The minimum atomic E-state index is -0.354. The molecular weight excluding hydrogens is 476 g/mol. The van der Waals surface area contributed by atoms with Crippen LogP contribution in [0.5, 0.6) is 5.75 Å². The molecule has 2 aromatic carbocycles. The molecule has 1 aromatic heterocycles. The predicted molar refractivity (Wildman–Crippen MR) is 152 cm³/mol. The Labute approximate surface area is 223 Å². The summed E-state index contributed by atoms with van der Waals surface area (Å²) in [7, 11) is 3.73. The number of pyridine rings is 1. The van der Waals surface area contributed by atoms with Crippen LogP contribution in [0.4, 0.5) is 17.1 Å². The molecule has 0 radical (unpaired) electrons. The Balaban J connectivity index is 1.80. The Hall–Kier alpha value is -4.37. The van der Waals surface area contributed by atoms with Gasteiger partial charge in [-0.1, -0.05) is 24.5 Å². The van der Waals surface area contributed by atoms with Crippen molar-refractivity contribution in [3.8, 4) is 23.7 Å². The SMILES string of the molecule is C=CC(=O)Nc1cc2c(Nc3cccc(OC)c3)c(C#N)cnc2cc1C#CC(C)(C)N1CCN(C)CC1. The molecule has 1 aliphatic heterocycles. The van der Waals surface area contributed by atoms with Gasteiger partial charge < -0.3 is 20.3 Å². The second-order valence-corrected chi connectivity index (χ2v) is 9.72. The number of hydrogen-bond donors (Lipinski definition) is 2. The van der Waals surface area contributed by atoms with Crippen LogP contribution in [-0.2, 0) is 4.79 Å². The van der Waals surface area contributed by atoms with Gasteiger partial charge in [0.2, 0.25) is 5.91 Å². The monoisotopic (exact) mass is 508 g/mol. The number of carbonyl (C=O) groups excluding carboxylic acids is 1. The van der Waals surface area contributed by atoms with Gasteiger partial charge >= 0.3 is 0 Å². The summed E-state index contributed by atoms with van der Waals surface area (Å²) >= 11 is 0. The molecule has 1 saturated heterocycles. The number of ether oxygens (including phenoxy) is 1. The van der Waals surface area contributed by atoms with E-state index in [1.54, 1.807) is 13.2 Å². The molecule has 2 N–H and O–H groups in total. The van der Waals surface area contributed by atoms with Gasteiger partial charge in [-0.3, -0.25) is 14.7 Å². The lowest BCUT2D eigenvalue weighted by Gasteiger charge is -2.40. The fourth-order valence-electron chi connectivity index (χ4n) is 4.36. The van der Waals surface area contributed by atoms with Gasteiger partial charge in [-0.25, -0.2) is 0 Å². The van der Waals surface area contributed by atoms with E-state index in [1.807, 2.05) is 30.3 Å². The normalized spacial score (nSPS) is 14.2. The number of piperazine rings is 1. The summed E-state index contributed by atoms with van der Waals surface area (Å²) < 4.78 is 5.34. The van der Waals surface area contributed by atoms with Gasteiger partial charge in [-0.2, -0.15) is 5.26 Å². The molecule has 0 unspecified atom stereocenters. The predicted octanol–water partition coefficient (Wildman–Crippen LogP) is 4.36. The van der Waals surface area contributed by atoms with E-state index in [9.17, 15) is 10.1 Å². The first-order chi connectivity index (χ1) is 18.2. The molecule has 194 valence electrons. The van der Waals surface area contributed by atoms with Gasteiger partial charge in [-0.15, -0.1) is 0 Å². The zero-order valence-corrected chi connectivity index (χ0v) is 22.3. The van der Waals surface area contributed by atoms with Crippen LogP contribution in [0, 0.1) is 23.2 Å². The summed E-state index contributed by atoms with van der Waals surface area (Å²) in [6.45, 7) is 11.7. The number of nitriles is 1. The summed E-state index contributed by atoms with van der Waals surface area (Å²) in [6, 6.07) is 13.3. The summed E-state index contributed by atoms with van der Waals surface area (Å²) in [5, 5.41) is 16.7. The number of fused-ring (bicyclic) bond motifs is 1. The van der Waals surface area contributed by atoms with Crippen molar-refractivity contribution in [1.82, 2.24) is 14.8 Å². The van der Waals surface area contributed by atoms with Crippen LogP contribution in [0.25, 0.3) is 10.9 Å². The second-order valence-electron chi connectivity index (χ2n) is 9.72. The number of hydrogen-bond acceptors (Lipinski definition) is 7. The lowest BCUT2D eigenvalue weighted by molar-refractivity contribution is -0.111. The molecule has 2 heterocycles. The third-order valence-electron chi connectivity index (χ3n) is 6.71. The summed E-state index contributed by atoms with van der Waals surface area (Å²) in [5.41, 5.74) is 3.16. The van der Waals surface area contributed by atoms with Crippen LogP contribution in [0.15, 0.2) is 55.3 Å². The molecule has 0 atom stereocenters. The third-order valence-corrected chi connectivity index (χ3v) is 6.71. The van der Waals surface area contributed by atoms with Crippen LogP contribution < -0.4 is 15.4 Å². The average molecular weight is 509 g/mol. The third kappa shape index (κ3) is 5.95. The van der Waals surface area contributed by atoms with Gasteiger partial charge in [0.25, 0.3) is 0 Å². The van der Waals surface area contributed by atoms with E-state index in [2.05, 4.69) is 70.8 Å². The van der Waals surface area contributed by atoms with Gasteiger partial charge in [0.1, 0.15) is 11.8 Å². The molecule has 1 fully saturated rings. The Kier molecular flexibility index (Phi) is 7.97. The number of aromatic nitrogens is 1. The summed E-state index contributed by atoms with van der Waals surface area (Å²) in [5.74, 6) is 7.05. The number of benzene rings is 2. The highest BCUT2D eigenvalue weighted by molar-refractivity contribution is 6.04. The lowest BCUT2D eigenvalue weighted by Crippen LogP contribution is -2.53. The fraction of sp³-hybridized carbons (Fsp3) is 0.300. The highest BCUT2D eigenvalue weighted by Gasteiger charge is 2.27. The molecule has 1 aliphatic rings. The fourth-order valence-corrected chi connectivity index (χ4v) is 4.36. The minimum absolute atomic E-state index is 0.350. The topological polar surface area (TPSA) is 93.5 Å². The van der Waals surface area contributed by atoms with Crippen molar-refractivity contribution in [2.75, 3.05) is 51.0 Å². The van der Waals surface area contributed by atoms with Crippen molar-refractivity contribution in [2.24, 2.45) is 0 Å². The van der Waals surface area contributed by atoms with Crippen molar-refractivity contribution in [2.45, 2.75) is 19.4 Å². The van der Waals surface area contributed by atoms with E-state index >= 15 is 0 Å². The number of nitrogens with zero attached hydrogens (tertiary/aromatic N) is 4. The van der Waals surface area contributed by atoms with Crippen molar-refractivity contribution in [3.63, 3.8) is 0 Å². The van der Waals surface area contributed by atoms with Crippen molar-refractivity contribution < 1.29 is 9.53 Å². The molecule has 38 heavy (non-hydrogen) atoms. The largest absolute Gasteiger partial charge is 0.497 e. The van der Waals surface area contributed by atoms with E-state index in [0.717, 1.165) is 31.9 Å². The van der Waals surface area contributed by atoms with Gasteiger partial charge in [0, 0.05) is 49.5 Å². The summed E-state index contributed by atoms with van der Waals surface area (Å²) in [6.07, 6.45) is 2.76. The Morgan fingerprint density at radius 3 is 2.63 bits per heavy atom. The van der Waals surface area contributed by atoms with Crippen LogP contribution in [-0.4, -0.2) is 66.6 Å². The maximum Gasteiger partial charge on any atom is 0.247 e. The van der Waals surface area contributed by atoms with Crippen LogP contribution in [0.3, 0.4) is 0 Å². The molecule has 4 rings (SSSR count). The van der Waals surface area contributed by atoms with Gasteiger partial charge in [0.05, 0.1) is 40.7 Å². The number of carbonyl (C=O) groups is 1. The first-order valence-corrected chi connectivity index (χ1v) is 12.4. The molecular formula is C30H32N6O2. The number of amides is 1. The molecule has 3 aromatic rings. The zero-order chi connectivity index (χ0) is 27.3. The molecule has 0 aliphatic carbocycles. The number of likely N-dealkylation sites (N-methyl/N-ethyl adjacent to an activating group) is 1. The van der Waals surface area contributed by atoms with Gasteiger partial charge in [-0.05, 0) is 51.2 Å². The smallest absolute Gasteiger partial charge is 0.247 e. The number of rotatable bonds is 6. The highest BCUT2D eigenvalue weighted by Crippen LogP contribution is 2.33. The van der Waals surface area contributed by atoms with Crippen molar-refractivity contribution in [3.05, 3.63) is 66.4 Å². The average Bonchev–Trinajstić information content (AvgIpc) is 2.92.